The quantitative estimate of drug-likeness (QED) is 0.246. The number of nitrogens with zero attached hydrogens (tertiary/aromatic N) is 1. The Morgan fingerprint density at radius 3 is 2.38 bits per heavy atom. The number of benzene rings is 3. The molecule has 1 atom stereocenters. The Bertz CT molecular complexity index is 1190. The summed E-state index contributed by atoms with van der Waals surface area (Å²) >= 11 is 19.7. The van der Waals surface area contributed by atoms with Gasteiger partial charge >= 0.3 is 0 Å². The molecule has 9 heteroatoms. The molecule has 0 bridgehead atoms. The number of nitrogens with one attached hydrogen (secondary N) is 1. The Morgan fingerprint density at radius 1 is 0.946 bits per heavy atom. The smallest absolute Gasteiger partial charge is 0.243 e. The predicted octanol–water partition coefficient (Wildman–Crippen LogP) is 7.19. The molecule has 0 unspecified atom stereocenters. The zero-order valence-electron chi connectivity index (χ0n) is 20.4. The molecule has 0 saturated carbocycles. The van der Waals surface area contributed by atoms with E-state index in [9.17, 15) is 14.0 Å². The molecule has 0 aliphatic rings. The third-order valence-electron chi connectivity index (χ3n) is 5.69. The summed E-state index contributed by atoms with van der Waals surface area (Å²) < 4.78 is 14.2. The third-order valence-corrected chi connectivity index (χ3v) is 7.73. The fourth-order valence-corrected chi connectivity index (χ4v) is 5.32. The highest BCUT2D eigenvalue weighted by atomic mass is 35.5. The Labute approximate surface area is 236 Å². The molecule has 37 heavy (non-hydrogen) atoms. The van der Waals surface area contributed by atoms with E-state index in [-0.39, 0.29) is 29.9 Å². The van der Waals surface area contributed by atoms with Gasteiger partial charge in [0.15, 0.2) is 0 Å². The lowest BCUT2D eigenvalue weighted by atomic mass is 10.0. The summed E-state index contributed by atoms with van der Waals surface area (Å²) in [4.78, 5) is 28.5. The Kier molecular flexibility index (Phi) is 11.6. The molecule has 3 aromatic rings. The van der Waals surface area contributed by atoms with Gasteiger partial charge in [0, 0.05) is 35.8 Å². The van der Waals surface area contributed by atoms with E-state index in [0.717, 1.165) is 17.5 Å². The standard InChI is InChI=1S/C28H28Cl3FN2O2S/c1-2-13-33-28(36)26(15-19-7-4-3-5-8-19)34(16-20-11-12-23(30)24(31)14-20)27(35)18-37-17-21-22(29)9-6-10-25(21)32/h3-12,14,26H,2,13,15-18H2,1H3,(H,33,36)/t26-/m0/s1. The molecule has 0 aliphatic heterocycles. The van der Waals surface area contributed by atoms with Gasteiger partial charge in [0.1, 0.15) is 11.9 Å². The first-order valence-electron chi connectivity index (χ1n) is 11.9. The topological polar surface area (TPSA) is 49.4 Å². The summed E-state index contributed by atoms with van der Waals surface area (Å²) in [5.74, 6) is -0.639. The monoisotopic (exact) mass is 580 g/mol. The molecule has 0 spiro atoms. The molecular formula is C28H28Cl3FN2O2S. The first-order chi connectivity index (χ1) is 17.8. The van der Waals surface area contributed by atoms with Gasteiger partial charge in [-0.15, -0.1) is 11.8 Å². The normalized spacial score (nSPS) is 11.7. The van der Waals surface area contributed by atoms with Gasteiger partial charge in [-0.3, -0.25) is 9.59 Å². The highest BCUT2D eigenvalue weighted by Crippen LogP contribution is 2.26. The molecule has 0 saturated heterocycles. The number of thioether (sulfide) groups is 1. The molecule has 0 aromatic heterocycles. The summed E-state index contributed by atoms with van der Waals surface area (Å²) in [6.45, 7) is 2.63. The summed E-state index contributed by atoms with van der Waals surface area (Å²) in [7, 11) is 0. The number of hydrogen-bond acceptors (Lipinski definition) is 3. The SMILES string of the molecule is CCCNC(=O)[C@H](Cc1ccccc1)N(Cc1ccc(Cl)c(Cl)c1)C(=O)CSCc1c(F)cccc1Cl. The van der Waals surface area contributed by atoms with Gasteiger partial charge in [-0.25, -0.2) is 4.39 Å². The Balaban J connectivity index is 1.87. The maximum atomic E-state index is 14.2. The lowest BCUT2D eigenvalue weighted by Gasteiger charge is -2.31. The van der Waals surface area contributed by atoms with Crippen molar-refractivity contribution in [3.63, 3.8) is 0 Å². The largest absolute Gasteiger partial charge is 0.354 e. The summed E-state index contributed by atoms with van der Waals surface area (Å²) in [5, 5.41) is 4.02. The molecule has 0 radical (unpaired) electrons. The minimum atomic E-state index is -0.756. The minimum Gasteiger partial charge on any atom is -0.354 e. The number of carbonyl (C=O) groups excluding carboxylic acids is 2. The molecule has 1 N–H and O–H groups in total. The van der Waals surface area contributed by atoms with E-state index in [0.29, 0.717) is 33.6 Å². The van der Waals surface area contributed by atoms with Crippen LogP contribution >= 0.6 is 46.6 Å². The zero-order chi connectivity index (χ0) is 26.8. The van der Waals surface area contributed by atoms with E-state index in [1.165, 1.54) is 17.8 Å². The van der Waals surface area contributed by atoms with Gasteiger partial charge in [-0.05, 0) is 41.8 Å². The number of rotatable bonds is 12. The van der Waals surface area contributed by atoms with Gasteiger partial charge in [0.05, 0.1) is 15.8 Å². The van der Waals surface area contributed by atoms with Gasteiger partial charge < -0.3 is 10.2 Å². The van der Waals surface area contributed by atoms with E-state index >= 15 is 0 Å². The van der Waals surface area contributed by atoms with Crippen LogP contribution < -0.4 is 5.32 Å². The number of hydrogen-bond donors (Lipinski definition) is 1. The first-order valence-corrected chi connectivity index (χ1v) is 14.1. The van der Waals surface area contributed by atoms with Crippen molar-refractivity contribution in [1.82, 2.24) is 10.2 Å². The van der Waals surface area contributed by atoms with Gasteiger partial charge in [-0.2, -0.15) is 0 Å². The third kappa shape index (κ3) is 8.64. The highest BCUT2D eigenvalue weighted by Gasteiger charge is 2.30. The second-order valence-corrected chi connectivity index (χ2v) is 10.7. The second kappa shape index (κ2) is 14.6. The molecule has 2 amide bonds. The van der Waals surface area contributed by atoms with E-state index in [4.69, 9.17) is 34.8 Å². The molecule has 196 valence electrons. The molecule has 0 heterocycles. The van der Waals surface area contributed by atoms with Crippen molar-refractivity contribution >= 4 is 58.4 Å². The summed E-state index contributed by atoms with van der Waals surface area (Å²) in [6, 6.07) is 18.4. The Morgan fingerprint density at radius 2 is 1.70 bits per heavy atom. The van der Waals surface area contributed by atoms with Crippen molar-refractivity contribution in [3.05, 3.63) is 104 Å². The van der Waals surface area contributed by atoms with Crippen LogP contribution in [0.25, 0.3) is 0 Å². The molecule has 3 rings (SSSR count). The van der Waals surface area contributed by atoms with Crippen LogP contribution in [-0.4, -0.2) is 35.1 Å². The van der Waals surface area contributed by atoms with Crippen molar-refractivity contribution in [3.8, 4) is 0 Å². The predicted molar refractivity (Wildman–Crippen MR) is 152 cm³/mol. The second-order valence-electron chi connectivity index (χ2n) is 8.46. The minimum absolute atomic E-state index is 0.0400. The molecule has 0 aliphatic carbocycles. The lowest BCUT2D eigenvalue weighted by molar-refractivity contribution is -0.139. The lowest BCUT2D eigenvalue weighted by Crippen LogP contribution is -2.51. The summed E-state index contributed by atoms with van der Waals surface area (Å²) in [6.07, 6.45) is 1.11. The van der Waals surface area contributed by atoms with Crippen molar-refractivity contribution < 1.29 is 14.0 Å². The van der Waals surface area contributed by atoms with E-state index in [1.807, 2.05) is 37.3 Å². The average Bonchev–Trinajstić information content (AvgIpc) is 2.89. The van der Waals surface area contributed by atoms with Crippen LogP contribution in [0.1, 0.15) is 30.0 Å². The molecule has 0 fully saturated rings. The average molecular weight is 582 g/mol. The highest BCUT2D eigenvalue weighted by molar-refractivity contribution is 7.99. The summed E-state index contributed by atoms with van der Waals surface area (Å²) in [5.41, 5.74) is 2.02. The van der Waals surface area contributed by atoms with E-state index < -0.39 is 11.9 Å². The fraction of sp³-hybridized carbons (Fsp3) is 0.286. The van der Waals surface area contributed by atoms with Crippen molar-refractivity contribution in [1.29, 1.82) is 0 Å². The van der Waals surface area contributed by atoms with E-state index in [1.54, 1.807) is 35.2 Å². The van der Waals surface area contributed by atoms with Gasteiger partial charge in [0.2, 0.25) is 11.8 Å². The van der Waals surface area contributed by atoms with Crippen LogP contribution in [0.5, 0.6) is 0 Å². The van der Waals surface area contributed by atoms with Crippen molar-refractivity contribution in [2.24, 2.45) is 0 Å². The fourth-order valence-electron chi connectivity index (χ4n) is 3.75. The first kappa shape index (κ1) is 29.3. The van der Waals surface area contributed by atoms with Crippen molar-refractivity contribution in [2.75, 3.05) is 12.3 Å². The van der Waals surface area contributed by atoms with Gasteiger partial charge in [0.25, 0.3) is 0 Å². The van der Waals surface area contributed by atoms with Crippen molar-refractivity contribution in [2.45, 2.75) is 38.1 Å². The Hall–Kier alpha value is -2.25. The number of halogens is 4. The number of carbonyl (C=O) groups is 2. The molecule has 4 nitrogen and oxygen atoms in total. The van der Waals surface area contributed by atoms with Crippen LogP contribution in [-0.2, 0) is 28.3 Å². The maximum Gasteiger partial charge on any atom is 0.243 e. The van der Waals surface area contributed by atoms with E-state index in [2.05, 4.69) is 5.32 Å². The van der Waals surface area contributed by atoms with Gasteiger partial charge in [-0.1, -0.05) is 84.2 Å². The molecule has 3 aromatic carbocycles. The zero-order valence-corrected chi connectivity index (χ0v) is 23.4. The van der Waals surface area contributed by atoms with Crippen LogP contribution in [0.4, 0.5) is 4.39 Å². The van der Waals surface area contributed by atoms with Crippen LogP contribution in [0, 0.1) is 5.82 Å². The van der Waals surface area contributed by atoms with Crippen LogP contribution in [0.3, 0.4) is 0 Å². The number of amides is 2. The van der Waals surface area contributed by atoms with Crippen LogP contribution in [0.2, 0.25) is 15.1 Å². The van der Waals surface area contributed by atoms with Crippen LogP contribution in [0.15, 0.2) is 66.7 Å². The molecular weight excluding hydrogens is 554 g/mol. The maximum absolute atomic E-state index is 14.2.